The van der Waals surface area contributed by atoms with Crippen molar-refractivity contribution in [3.8, 4) is 0 Å². The number of nitrogens with one attached hydrogen (secondary N) is 1. The summed E-state index contributed by atoms with van der Waals surface area (Å²) in [5.74, 6) is 0.235. The number of hydrogen-bond donors (Lipinski definition) is 2. The van der Waals surface area contributed by atoms with Crippen molar-refractivity contribution in [3.63, 3.8) is 0 Å². The second kappa shape index (κ2) is 6.44. The van der Waals surface area contributed by atoms with Crippen LogP contribution >= 0.6 is 0 Å². The van der Waals surface area contributed by atoms with Gasteiger partial charge in [0.2, 0.25) is 10.0 Å². The van der Waals surface area contributed by atoms with E-state index in [1.54, 1.807) is 6.07 Å². The molecule has 1 aromatic rings. The number of benzene rings is 1. The molecule has 0 saturated carbocycles. The van der Waals surface area contributed by atoms with Gasteiger partial charge >= 0.3 is 0 Å². The fourth-order valence-electron chi connectivity index (χ4n) is 2.65. The fraction of sp³-hybridized carbons (Fsp3) is 0.600. The first-order valence-electron chi connectivity index (χ1n) is 7.25. The van der Waals surface area contributed by atoms with Crippen LogP contribution in [0.5, 0.6) is 0 Å². The van der Waals surface area contributed by atoms with Crippen molar-refractivity contribution in [2.45, 2.75) is 44.7 Å². The van der Waals surface area contributed by atoms with Crippen LogP contribution in [0.3, 0.4) is 0 Å². The summed E-state index contributed by atoms with van der Waals surface area (Å²) < 4.78 is 33.4. The van der Waals surface area contributed by atoms with E-state index in [2.05, 4.69) is 4.72 Å². The molecule has 1 aromatic carbocycles. The number of nitrogens with two attached hydrogens (primary N) is 1. The molecule has 0 amide bonds. The Labute approximate surface area is 126 Å². The monoisotopic (exact) mass is 312 g/mol. The predicted molar refractivity (Wildman–Crippen MR) is 82.5 cm³/mol. The first-order valence-corrected chi connectivity index (χ1v) is 8.73. The highest BCUT2D eigenvalue weighted by Crippen LogP contribution is 2.23. The van der Waals surface area contributed by atoms with E-state index >= 15 is 0 Å². The molecule has 0 spiro atoms. The van der Waals surface area contributed by atoms with Crippen LogP contribution in [-0.2, 0) is 21.3 Å². The second-order valence-electron chi connectivity index (χ2n) is 5.77. The third-order valence-corrected chi connectivity index (χ3v) is 5.90. The summed E-state index contributed by atoms with van der Waals surface area (Å²) in [6.45, 7) is 7.28. The van der Waals surface area contributed by atoms with Gasteiger partial charge in [-0.25, -0.2) is 13.1 Å². The van der Waals surface area contributed by atoms with Gasteiger partial charge < -0.3 is 10.5 Å². The van der Waals surface area contributed by atoms with Gasteiger partial charge in [0.15, 0.2) is 0 Å². The molecule has 2 unspecified atom stereocenters. The third-order valence-electron chi connectivity index (χ3n) is 4.22. The van der Waals surface area contributed by atoms with E-state index < -0.39 is 10.0 Å². The lowest BCUT2D eigenvalue weighted by Crippen LogP contribution is -2.38. The Hall–Kier alpha value is -0.950. The van der Waals surface area contributed by atoms with Gasteiger partial charge in [-0.15, -0.1) is 0 Å². The molecule has 21 heavy (non-hydrogen) atoms. The average Bonchev–Trinajstić information content (AvgIpc) is 2.95. The minimum absolute atomic E-state index is 0.140. The quantitative estimate of drug-likeness (QED) is 0.862. The molecule has 6 heteroatoms. The van der Waals surface area contributed by atoms with Crippen LogP contribution in [0.4, 0.5) is 0 Å². The topological polar surface area (TPSA) is 81.4 Å². The number of ether oxygens (including phenoxy) is 1. The molecule has 5 nitrogen and oxygen atoms in total. The first-order chi connectivity index (χ1) is 9.85. The summed E-state index contributed by atoms with van der Waals surface area (Å²) in [5, 5.41) is 0. The van der Waals surface area contributed by atoms with E-state index in [0.717, 1.165) is 23.1 Å². The van der Waals surface area contributed by atoms with Gasteiger partial charge in [0, 0.05) is 25.1 Å². The zero-order valence-electron chi connectivity index (χ0n) is 12.8. The third kappa shape index (κ3) is 3.63. The van der Waals surface area contributed by atoms with E-state index in [-0.39, 0.29) is 12.0 Å². The van der Waals surface area contributed by atoms with Crippen LogP contribution in [-0.4, -0.2) is 27.7 Å². The molecular weight excluding hydrogens is 288 g/mol. The standard InChI is InChI=1S/C15H24N2O3S/c1-10-6-13(8-16)7-15(11(10)2)21(18,19)17-12(3)14-4-5-20-9-14/h6-7,12,14,17H,4-5,8-9,16H2,1-3H3. The van der Waals surface area contributed by atoms with Gasteiger partial charge in [-0.3, -0.25) is 0 Å². The minimum Gasteiger partial charge on any atom is -0.381 e. The van der Waals surface area contributed by atoms with E-state index in [1.165, 1.54) is 0 Å². The molecule has 2 atom stereocenters. The van der Waals surface area contributed by atoms with E-state index in [4.69, 9.17) is 10.5 Å². The fourth-order valence-corrected chi connectivity index (χ4v) is 4.33. The minimum atomic E-state index is -3.54. The van der Waals surface area contributed by atoms with Crippen molar-refractivity contribution in [1.82, 2.24) is 4.72 Å². The molecule has 1 aliphatic heterocycles. The van der Waals surface area contributed by atoms with Crippen LogP contribution in [0.1, 0.15) is 30.0 Å². The lowest BCUT2D eigenvalue weighted by molar-refractivity contribution is 0.180. The van der Waals surface area contributed by atoms with Crippen molar-refractivity contribution in [2.75, 3.05) is 13.2 Å². The summed E-state index contributed by atoms with van der Waals surface area (Å²) >= 11 is 0. The van der Waals surface area contributed by atoms with E-state index in [1.807, 2.05) is 26.8 Å². The predicted octanol–water partition coefficient (Wildman–Crippen LogP) is 1.47. The van der Waals surface area contributed by atoms with Gasteiger partial charge in [0.25, 0.3) is 0 Å². The van der Waals surface area contributed by atoms with Crippen molar-refractivity contribution in [3.05, 3.63) is 28.8 Å². The molecule has 2 rings (SSSR count). The zero-order chi connectivity index (χ0) is 15.6. The molecule has 1 fully saturated rings. The Morgan fingerprint density at radius 3 is 2.71 bits per heavy atom. The van der Waals surface area contributed by atoms with Crippen LogP contribution < -0.4 is 10.5 Å². The number of aryl methyl sites for hydroxylation is 1. The highest BCUT2D eigenvalue weighted by Gasteiger charge is 2.28. The highest BCUT2D eigenvalue weighted by molar-refractivity contribution is 7.89. The second-order valence-corrected chi connectivity index (χ2v) is 7.46. The Morgan fingerprint density at radius 2 is 2.14 bits per heavy atom. The summed E-state index contributed by atoms with van der Waals surface area (Å²) in [4.78, 5) is 0.328. The summed E-state index contributed by atoms with van der Waals surface area (Å²) in [7, 11) is -3.54. The van der Waals surface area contributed by atoms with Crippen molar-refractivity contribution in [1.29, 1.82) is 0 Å². The molecule has 118 valence electrons. The maximum absolute atomic E-state index is 12.6. The molecule has 1 saturated heterocycles. The van der Waals surface area contributed by atoms with E-state index in [0.29, 0.717) is 24.7 Å². The number of sulfonamides is 1. The van der Waals surface area contributed by atoms with E-state index in [9.17, 15) is 8.42 Å². The molecule has 0 aliphatic carbocycles. The van der Waals surface area contributed by atoms with Crippen molar-refractivity contribution >= 4 is 10.0 Å². The molecule has 1 aliphatic rings. The molecule has 0 aromatic heterocycles. The van der Waals surface area contributed by atoms with Gasteiger partial charge in [0.05, 0.1) is 11.5 Å². The molecular formula is C15H24N2O3S. The SMILES string of the molecule is Cc1cc(CN)cc(S(=O)(=O)NC(C)C2CCOC2)c1C. The molecule has 1 heterocycles. The smallest absolute Gasteiger partial charge is 0.241 e. The maximum atomic E-state index is 12.6. The van der Waals surface area contributed by atoms with Crippen molar-refractivity contribution in [2.24, 2.45) is 11.7 Å². The van der Waals surface area contributed by atoms with Gasteiger partial charge in [-0.1, -0.05) is 6.07 Å². The average molecular weight is 312 g/mol. The summed E-state index contributed by atoms with van der Waals surface area (Å²) in [6.07, 6.45) is 0.893. The van der Waals surface area contributed by atoms with Gasteiger partial charge in [0.1, 0.15) is 0 Å². The first kappa shape index (κ1) is 16.4. The Balaban J connectivity index is 2.28. The van der Waals surface area contributed by atoms with Crippen LogP contribution in [0.2, 0.25) is 0 Å². The van der Waals surface area contributed by atoms with Crippen molar-refractivity contribution < 1.29 is 13.2 Å². The Kier molecular flexibility index (Phi) is 5.03. The molecule has 0 bridgehead atoms. The lowest BCUT2D eigenvalue weighted by Gasteiger charge is -2.20. The lowest BCUT2D eigenvalue weighted by atomic mass is 10.0. The molecule has 0 radical (unpaired) electrons. The van der Waals surface area contributed by atoms with Gasteiger partial charge in [-0.05, 0) is 49.9 Å². The number of hydrogen-bond acceptors (Lipinski definition) is 4. The largest absolute Gasteiger partial charge is 0.381 e. The van der Waals surface area contributed by atoms with Crippen LogP contribution in [0.25, 0.3) is 0 Å². The highest BCUT2D eigenvalue weighted by atomic mass is 32.2. The zero-order valence-corrected chi connectivity index (χ0v) is 13.7. The van der Waals surface area contributed by atoms with Crippen LogP contribution in [0.15, 0.2) is 17.0 Å². The normalized spacial score (nSPS) is 20.7. The Morgan fingerprint density at radius 1 is 1.43 bits per heavy atom. The molecule has 3 N–H and O–H groups in total. The van der Waals surface area contributed by atoms with Crippen LogP contribution in [0, 0.1) is 19.8 Å². The Bertz CT molecular complexity index is 608. The summed E-state index contributed by atoms with van der Waals surface area (Å²) in [6, 6.07) is 3.46. The summed E-state index contributed by atoms with van der Waals surface area (Å²) in [5.41, 5.74) is 8.19. The number of rotatable bonds is 5. The van der Waals surface area contributed by atoms with Gasteiger partial charge in [-0.2, -0.15) is 0 Å². The maximum Gasteiger partial charge on any atom is 0.241 e.